The highest BCUT2D eigenvalue weighted by Crippen LogP contribution is 2.36. The molecule has 2 amide bonds. The molecule has 1 spiro atoms. The lowest BCUT2D eigenvalue weighted by atomic mass is 9.90. The number of nitrogens with one attached hydrogen (secondary N) is 1. The van der Waals surface area contributed by atoms with Crippen molar-refractivity contribution in [3.05, 3.63) is 23.8 Å². The Labute approximate surface area is 129 Å². The SMILES string of the molecule is CCN(C(=O)NC)c1ccc2c(c1)CC1(COC(N)=N1)CO2. The van der Waals surface area contributed by atoms with Crippen LogP contribution in [0.5, 0.6) is 5.75 Å². The molecule has 0 radical (unpaired) electrons. The van der Waals surface area contributed by atoms with E-state index in [2.05, 4.69) is 10.3 Å². The smallest absolute Gasteiger partial charge is 0.321 e. The van der Waals surface area contributed by atoms with Crippen LogP contribution >= 0.6 is 0 Å². The average molecular weight is 304 g/mol. The molecule has 0 aliphatic carbocycles. The molecule has 0 saturated carbocycles. The highest BCUT2D eigenvalue weighted by molar-refractivity contribution is 5.92. The summed E-state index contributed by atoms with van der Waals surface area (Å²) in [5, 5.41) is 2.65. The number of fused-ring (bicyclic) bond motifs is 1. The molecule has 0 saturated heterocycles. The molecule has 7 nitrogen and oxygen atoms in total. The third-order valence-electron chi connectivity index (χ3n) is 3.98. The zero-order valence-corrected chi connectivity index (χ0v) is 12.8. The van der Waals surface area contributed by atoms with E-state index in [1.807, 2.05) is 25.1 Å². The molecule has 0 bridgehead atoms. The Morgan fingerprint density at radius 2 is 2.23 bits per heavy atom. The molecule has 2 aliphatic heterocycles. The van der Waals surface area contributed by atoms with Crippen LogP contribution in [0.1, 0.15) is 12.5 Å². The molecule has 0 fully saturated rings. The van der Waals surface area contributed by atoms with Crippen molar-refractivity contribution in [1.29, 1.82) is 0 Å². The van der Waals surface area contributed by atoms with Gasteiger partial charge in [0, 0.05) is 25.7 Å². The van der Waals surface area contributed by atoms with Crippen molar-refractivity contribution in [2.45, 2.75) is 18.9 Å². The Morgan fingerprint density at radius 3 is 2.86 bits per heavy atom. The van der Waals surface area contributed by atoms with Gasteiger partial charge in [-0.3, -0.25) is 4.90 Å². The molecule has 1 unspecified atom stereocenters. The number of urea groups is 1. The summed E-state index contributed by atoms with van der Waals surface area (Å²) in [4.78, 5) is 18.0. The van der Waals surface area contributed by atoms with E-state index < -0.39 is 5.54 Å². The standard InChI is InChI=1S/C15H20N4O3/c1-3-19(14(20)17-2)11-4-5-12-10(6-11)7-15(8-21-12)9-22-13(16)18-15/h4-6H,3,7-9H2,1-2H3,(H2,16,18)(H,17,20). The van der Waals surface area contributed by atoms with Crippen LogP contribution in [0.2, 0.25) is 0 Å². The number of carbonyl (C=O) groups is 1. The lowest BCUT2D eigenvalue weighted by molar-refractivity contribution is 0.153. The number of anilines is 1. The Hall–Kier alpha value is -2.44. The van der Waals surface area contributed by atoms with Crippen LogP contribution in [0.15, 0.2) is 23.2 Å². The predicted molar refractivity (Wildman–Crippen MR) is 83.4 cm³/mol. The fourth-order valence-corrected chi connectivity index (χ4v) is 2.88. The molecular weight excluding hydrogens is 284 g/mol. The number of nitrogens with two attached hydrogens (primary N) is 1. The van der Waals surface area contributed by atoms with Crippen molar-refractivity contribution in [1.82, 2.24) is 5.32 Å². The zero-order valence-electron chi connectivity index (χ0n) is 12.8. The van der Waals surface area contributed by atoms with Crippen molar-refractivity contribution >= 4 is 17.7 Å². The summed E-state index contributed by atoms with van der Waals surface area (Å²) in [7, 11) is 1.62. The largest absolute Gasteiger partial charge is 0.491 e. The summed E-state index contributed by atoms with van der Waals surface area (Å²) in [5.41, 5.74) is 7.02. The van der Waals surface area contributed by atoms with E-state index in [0.717, 1.165) is 17.0 Å². The summed E-state index contributed by atoms with van der Waals surface area (Å²) in [6.45, 7) is 3.39. The van der Waals surface area contributed by atoms with Crippen LogP contribution < -0.4 is 20.7 Å². The van der Waals surface area contributed by atoms with E-state index in [9.17, 15) is 4.79 Å². The van der Waals surface area contributed by atoms with Gasteiger partial charge in [-0.25, -0.2) is 9.79 Å². The molecule has 7 heteroatoms. The molecule has 3 rings (SSSR count). The molecule has 2 aliphatic rings. The van der Waals surface area contributed by atoms with Crippen LogP contribution in [0.4, 0.5) is 10.5 Å². The van der Waals surface area contributed by atoms with Crippen molar-refractivity contribution in [2.24, 2.45) is 10.7 Å². The maximum atomic E-state index is 11.9. The van der Waals surface area contributed by atoms with Gasteiger partial charge in [-0.1, -0.05) is 0 Å². The highest BCUT2D eigenvalue weighted by atomic mass is 16.5. The second kappa shape index (κ2) is 5.40. The maximum absolute atomic E-state index is 11.9. The average Bonchev–Trinajstić information content (AvgIpc) is 2.87. The predicted octanol–water partition coefficient (Wildman–Crippen LogP) is 0.871. The third-order valence-corrected chi connectivity index (χ3v) is 3.98. The second-order valence-corrected chi connectivity index (χ2v) is 5.52. The van der Waals surface area contributed by atoms with Gasteiger partial charge in [0.1, 0.15) is 24.5 Å². The van der Waals surface area contributed by atoms with Crippen LogP contribution in [-0.4, -0.2) is 44.4 Å². The minimum absolute atomic E-state index is 0.139. The van der Waals surface area contributed by atoms with Gasteiger partial charge in [0.25, 0.3) is 6.02 Å². The molecule has 1 atom stereocenters. The molecule has 3 N–H and O–H groups in total. The number of aliphatic imine (C=N–C) groups is 1. The van der Waals surface area contributed by atoms with Crippen molar-refractivity contribution in [2.75, 3.05) is 31.7 Å². The Bertz CT molecular complexity index is 631. The fourth-order valence-electron chi connectivity index (χ4n) is 2.88. The van der Waals surface area contributed by atoms with Crippen molar-refractivity contribution < 1.29 is 14.3 Å². The topological polar surface area (TPSA) is 89.2 Å². The van der Waals surface area contributed by atoms with E-state index in [1.165, 1.54) is 0 Å². The number of hydrogen-bond acceptors (Lipinski definition) is 5. The highest BCUT2D eigenvalue weighted by Gasteiger charge is 2.41. The normalized spacial score (nSPS) is 22.4. The Balaban J connectivity index is 1.90. The van der Waals surface area contributed by atoms with E-state index in [-0.39, 0.29) is 12.1 Å². The van der Waals surface area contributed by atoms with Crippen LogP contribution in [0.3, 0.4) is 0 Å². The van der Waals surface area contributed by atoms with Crippen LogP contribution in [-0.2, 0) is 11.2 Å². The third kappa shape index (κ3) is 2.43. The molecule has 118 valence electrons. The number of carbonyl (C=O) groups excluding carboxylic acids is 1. The zero-order chi connectivity index (χ0) is 15.7. The second-order valence-electron chi connectivity index (χ2n) is 5.52. The van der Waals surface area contributed by atoms with Crippen LogP contribution in [0.25, 0.3) is 0 Å². The van der Waals surface area contributed by atoms with Gasteiger partial charge < -0.3 is 20.5 Å². The van der Waals surface area contributed by atoms with E-state index >= 15 is 0 Å². The van der Waals surface area contributed by atoms with Gasteiger partial charge in [-0.05, 0) is 30.7 Å². The van der Waals surface area contributed by atoms with Crippen molar-refractivity contribution in [3.63, 3.8) is 0 Å². The Kier molecular flexibility index (Phi) is 3.56. The Morgan fingerprint density at radius 1 is 1.45 bits per heavy atom. The molecule has 0 aromatic heterocycles. The molecular formula is C15H20N4O3. The number of benzene rings is 1. The number of rotatable bonds is 2. The van der Waals surface area contributed by atoms with E-state index in [0.29, 0.717) is 26.2 Å². The van der Waals surface area contributed by atoms with Gasteiger partial charge >= 0.3 is 6.03 Å². The first kappa shape index (κ1) is 14.5. The summed E-state index contributed by atoms with van der Waals surface area (Å²) >= 11 is 0. The van der Waals surface area contributed by atoms with E-state index in [1.54, 1.807) is 11.9 Å². The summed E-state index contributed by atoms with van der Waals surface area (Å²) in [5.74, 6) is 0.822. The number of ether oxygens (including phenoxy) is 2. The summed E-state index contributed by atoms with van der Waals surface area (Å²) in [6, 6.07) is 5.83. The number of amidine groups is 1. The lowest BCUT2D eigenvalue weighted by Gasteiger charge is -2.31. The summed E-state index contributed by atoms with van der Waals surface area (Å²) in [6.07, 6.45) is 0.683. The number of nitrogens with zero attached hydrogens (tertiary/aromatic N) is 2. The number of hydrogen-bond donors (Lipinski definition) is 2. The van der Waals surface area contributed by atoms with Gasteiger partial charge in [0.15, 0.2) is 0 Å². The number of amides is 2. The van der Waals surface area contributed by atoms with Gasteiger partial charge in [0.2, 0.25) is 0 Å². The first-order chi connectivity index (χ1) is 10.6. The fraction of sp³-hybridized carbons (Fsp3) is 0.467. The molecule has 1 aromatic carbocycles. The van der Waals surface area contributed by atoms with Crippen molar-refractivity contribution in [3.8, 4) is 5.75 Å². The quantitative estimate of drug-likeness (QED) is 0.848. The van der Waals surface area contributed by atoms with Gasteiger partial charge in [0.05, 0.1) is 0 Å². The maximum Gasteiger partial charge on any atom is 0.321 e. The monoisotopic (exact) mass is 304 g/mol. The van der Waals surface area contributed by atoms with Crippen LogP contribution in [0, 0.1) is 0 Å². The first-order valence-corrected chi connectivity index (χ1v) is 7.30. The minimum atomic E-state index is -0.445. The van der Waals surface area contributed by atoms with Gasteiger partial charge in [-0.15, -0.1) is 0 Å². The van der Waals surface area contributed by atoms with E-state index in [4.69, 9.17) is 15.2 Å². The molecule has 1 aromatic rings. The molecule has 2 heterocycles. The van der Waals surface area contributed by atoms with Gasteiger partial charge in [-0.2, -0.15) is 0 Å². The minimum Gasteiger partial charge on any atom is -0.491 e. The molecule has 22 heavy (non-hydrogen) atoms. The summed E-state index contributed by atoms with van der Waals surface area (Å²) < 4.78 is 11.1. The lowest BCUT2D eigenvalue weighted by Crippen LogP contribution is -2.42. The first-order valence-electron chi connectivity index (χ1n) is 7.30.